The molecule has 0 amide bonds. The second-order valence-electron chi connectivity index (χ2n) is 1.86. The number of nitrogens with two attached hydrogens (primary N) is 2. The zero-order valence-electron chi connectivity index (χ0n) is 9.63. The van der Waals surface area contributed by atoms with Gasteiger partial charge in [-0.2, -0.15) is 0 Å². The van der Waals surface area contributed by atoms with Crippen LogP contribution >= 0.6 is 24.4 Å². The largest absolute Gasteiger partial charge is 0.487 e. The molecule has 0 saturated heterocycles. The summed E-state index contributed by atoms with van der Waals surface area (Å²) in [7, 11) is 4.48. The van der Waals surface area contributed by atoms with E-state index in [4.69, 9.17) is 24.1 Å². The lowest BCUT2D eigenvalue weighted by molar-refractivity contribution is 0.163. The predicted octanol–water partition coefficient (Wildman–Crippen LogP) is -0.693. The SMILES string of the molecule is COC(N)=S.CO[SiH](OC)OC.NC(O)=S. The van der Waals surface area contributed by atoms with Crippen molar-refractivity contribution in [1.82, 2.24) is 0 Å². The molecular formula is C6H18N2O5S2Si. The van der Waals surface area contributed by atoms with Gasteiger partial charge in [0.25, 0.3) is 10.3 Å². The van der Waals surface area contributed by atoms with Gasteiger partial charge in [0, 0.05) is 21.3 Å². The standard InChI is InChI=1S/C3H10O3Si.C2H5NOS.CH3NOS/c1-4-7(5-2)6-3;1-4-2(3)5;2-1(3)4/h7H,1-3H3;1H3,(H2,3,5);(H3,2,3,4). The Bertz CT molecular complexity index is 173. The van der Waals surface area contributed by atoms with Gasteiger partial charge in [0.15, 0.2) is 0 Å². The van der Waals surface area contributed by atoms with Gasteiger partial charge in [-0.3, -0.25) is 0 Å². The van der Waals surface area contributed by atoms with Crippen LogP contribution in [0.25, 0.3) is 0 Å². The number of aliphatic hydroxyl groups excluding tert-OH is 1. The maximum atomic E-state index is 7.56. The van der Waals surface area contributed by atoms with Crippen molar-refractivity contribution in [1.29, 1.82) is 0 Å². The van der Waals surface area contributed by atoms with Crippen molar-refractivity contribution < 1.29 is 23.1 Å². The van der Waals surface area contributed by atoms with Crippen molar-refractivity contribution in [2.24, 2.45) is 11.5 Å². The van der Waals surface area contributed by atoms with E-state index in [1.165, 1.54) is 7.11 Å². The number of hydrogen-bond acceptors (Lipinski definition) is 6. The van der Waals surface area contributed by atoms with Crippen LogP contribution in [0.15, 0.2) is 0 Å². The lowest BCUT2D eigenvalue weighted by Crippen LogP contribution is -2.21. The van der Waals surface area contributed by atoms with Crippen LogP contribution in [0.5, 0.6) is 0 Å². The fourth-order valence-electron chi connectivity index (χ4n) is 0.289. The van der Waals surface area contributed by atoms with Crippen molar-refractivity contribution >= 4 is 44.3 Å². The molecule has 0 unspecified atom stereocenters. The average Bonchev–Trinajstić information content (AvgIpc) is 2.20. The van der Waals surface area contributed by atoms with Crippen LogP contribution in [-0.4, -0.2) is 53.4 Å². The molecule has 5 N–H and O–H groups in total. The molecule has 7 nitrogen and oxygen atoms in total. The second kappa shape index (κ2) is 16.9. The average molecular weight is 290 g/mol. The summed E-state index contributed by atoms with van der Waals surface area (Å²) in [5.41, 5.74) is 9.20. The quantitative estimate of drug-likeness (QED) is 0.459. The van der Waals surface area contributed by atoms with Crippen LogP contribution in [0.2, 0.25) is 0 Å². The van der Waals surface area contributed by atoms with Gasteiger partial charge in [0.2, 0.25) is 0 Å². The van der Waals surface area contributed by atoms with Crippen LogP contribution in [0.1, 0.15) is 0 Å². The zero-order chi connectivity index (χ0) is 13.6. The van der Waals surface area contributed by atoms with Crippen molar-refractivity contribution in [3.8, 4) is 0 Å². The van der Waals surface area contributed by atoms with Gasteiger partial charge in [0.1, 0.15) is 0 Å². The minimum atomic E-state index is -1.67. The van der Waals surface area contributed by atoms with E-state index in [9.17, 15) is 0 Å². The zero-order valence-corrected chi connectivity index (χ0v) is 12.4. The Kier molecular flexibility index (Phi) is 22.0. The van der Waals surface area contributed by atoms with Gasteiger partial charge in [0.05, 0.1) is 7.11 Å². The maximum absolute atomic E-state index is 7.56. The number of methoxy groups -OCH3 is 1. The molecule has 0 atom stereocenters. The summed E-state index contributed by atoms with van der Waals surface area (Å²) in [4.78, 5) is 0. The summed E-state index contributed by atoms with van der Waals surface area (Å²) in [5, 5.41) is 7.15. The molecule has 0 saturated carbocycles. The third-order valence-corrected chi connectivity index (χ3v) is 2.10. The first-order valence-corrected chi connectivity index (χ1v) is 5.98. The Morgan fingerprint density at radius 1 is 1.00 bits per heavy atom. The van der Waals surface area contributed by atoms with E-state index < -0.39 is 14.7 Å². The van der Waals surface area contributed by atoms with E-state index in [-0.39, 0.29) is 5.17 Å². The second-order valence-corrected chi connectivity index (χ2v) is 4.67. The van der Waals surface area contributed by atoms with Gasteiger partial charge < -0.3 is 34.6 Å². The minimum Gasteiger partial charge on any atom is -0.487 e. The summed E-state index contributed by atoms with van der Waals surface area (Å²) in [6, 6.07) is 0. The smallest absolute Gasteiger partial charge is 0.483 e. The molecule has 98 valence electrons. The van der Waals surface area contributed by atoms with Gasteiger partial charge in [-0.1, -0.05) is 0 Å². The molecule has 0 spiro atoms. The normalized spacial score (nSPS) is 8.06. The third-order valence-electron chi connectivity index (χ3n) is 0.779. The molecule has 0 aromatic rings. The van der Waals surface area contributed by atoms with Crippen molar-refractivity contribution in [2.45, 2.75) is 0 Å². The first-order chi connectivity index (χ1) is 7.35. The van der Waals surface area contributed by atoms with Gasteiger partial charge in [-0.05, 0) is 24.4 Å². The predicted molar refractivity (Wildman–Crippen MR) is 71.4 cm³/mol. The van der Waals surface area contributed by atoms with Crippen molar-refractivity contribution in [3.63, 3.8) is 0 Å². The molecule has 0 bridgehead atoms. The molecule has 0 aliphatic rings. The Hall–Kier alpha value is -0.523. The maximum Gasteiger partial charge on any atom is 0.483 e. The molecule has 0 fully saturated rings. The number of rotatable bonds is 3. The molecule has 0 aliphatic carbocycles. The molecule has 0 aromatic heterocycles. The molecule has 0 aliphatic heterocycles. The van der Waals surface area contributed by atoms with Crippen LogP contribution in [0.3, 0.4) is 0 Å². The molecule has 0 radical (unpaired) electrons. The first kappa shape index (κ1) is 20.8. The summed E-state index contributed by atoms with van der Waals surface area (Å²) >= 11 is 8.12. The van der Waals surface area contributed by atoms with E-state index in [1.807, 2.05) is 0 Å². The Morgan fingerprint density at radius 2 is 1.19 bits per heavy atom. The summed E-state index contributed by atoms with van der Waals surface area (Å²) < 4.78 is 18.5. The highest BCUT2D eigenvalue weighted by molar-refractivity contribution is 7.80. The summed E-state index contributed by atoms with van der Waals surface area (Å²) in [6.07, 6.45) is 0. The summed E-state index contributed by atoms with van der Waals surface area (Å²) in [6.45, 7) is 0. The van der Waals surface area contributed by atoms with Crippen LogP contribution in [-0.2, 0) is 18.0 Å². The Balaban J connectivity index is -0.000000166. The van der Waals surface area contributed by atoms with Crippen molar-refractivity contribution in [2.75, 3.05) is 28.4 Å². The molecule has 10 heteroatoms. The van der Waals surface area contributed by atoms with Crippen molar-refractivity contribution in [3.05, 3.63) is 0 Å². The van der Waals surface area contributed by atoms with E-state index in [0.29, 0.717) is 0 Å². The molecule has 0 aromatic carbocycles. The van der Waals surface area contributed by atoms with Crippen LogP contribution in [0, 0.1) is 0 Å². The summed E-state index contributed by atoms with van der Waals surface area (Å²) in [5.74, 6) is 0. The minimum absolute atomic E-state index is 0.0880. The fraction of sp³-hybridized carbons (Fsp3) is 0.667. The van der Waals surface area contributed by atoms with Gasteiger partial charge >= 0.3 is 9.53 Å². The molecule has 0 rings (SSSR count). The topological polar surface area (TPSA) is 109 Å². The highest BCUT2D eigenvalue weighted by Gasteiger charge is 2.04. The van der Waals surface area contributed by atoms with E-state index in [1.54, 1.807) is 21.3 Å². The molecule has 16 heavy (non-hydrogen) atoms. The Morgan fingerprint density at radius 3 is 1.19 bits per heavy atom. The fourth-order valence-corrected chi connectivity index (χ4v) is 0.866. The first-order valence-electron chi connectivity index (χ1n) is 3.75. The lowest BCUT2D eigenvalue weighted by Gasteiger charge is -2.05. The van der Waals surface area contributed by atoms with Crippen LogP contribution < -0.4 is 11.5 Å². The monoisotopic (exact) mass is 290 g/mol. The Labute approximate surface area is 108 Å². The third kappa shape index (κ3) is 37.5. The van der Waals surface area contributed by atoms with Crippen LogP contribution in [0.4, 0.5) is 0 Å². The van der Waals surface area contributed by atoms with E-state index in [2.05, 4.69) is 34.9 Å². The number of aliphatic hydroxyl groups is 1. The lowest BCUT2D eigenvalue weighted by atomic mass is 11.3. The molecular weight excluding hydrogens is 272 g/mol. The van der Waals surface area contributed by atoms with E-state index in [0.717, 1.165) is 0 Å². The van der Waals surface area contributed by atoms with Gasteiger partial charge in [-0.25, -0.2) is 0 Å². The highest BCUT2D eigenvalue weighted by atomic mass is 32.1. The molecule has 0 heterocycles. The number of ether oxygens (including phenoxy) is 1. The van der Waals surface area contributed by atoms with E-state index >= 15 is 0 Å². The number of hydrogen-bond donors (Lipinski definition) is 3. The van der Waals surface area contributed by atoms with Gasteiger partial charge in [-0.15, -0.1) is 0 Å². The number of thiocarbonyl (C=S) groups is 2. The highest BCUT2D eigenvalue weighted by Crippen LogP contribution is 1.81.